The minimum Gasteiger partial charge on any atom is -0.489 e. The van der Waals surface area contributed by atoms with E-state index in [1.807, 2.05) is 0 Å². The van der Waals surface area contributed by atoms with Gasteiger partial charge in [0.05, 0.1) is 13.1 Å². The molecule has 0 atom stereocenters. The SMILES string of the molecule is O=C1OCCN1CCOc1cccc(F)c1F. The zero-order valence-electron chi connectivity index (χ0n) is 8.99. The lowest BCUT2D eigenvalue weighted by atomic mass is 10.3. The number of benzene rings is 1. The Morgan fingerprint density at radius 1 is 1.41 bits per heavy atom. The third-order valence-corrected chi connectivity index (χ3v) is 2.38. The van der Waals surface area contributed by atoms with E-state index >= 15 is 0 Å². The second-order valence-electron chi connectivity index (χ2n) is 3.50. The number of rotatable bonds is 4. The number of nitrogens with zero attached hydrogens (tertiary/aromatic N) is 1. The first-order chi connectivity index (χ1) is 8.18. The van der Waals surface area contributed by atoms with E-state index in [1.54, 1.807) is 0 Å². The van der Waals surface area contributed by atoms with Crippen LogP contribution in [0.1, 0.15) is 0 Å². The molecule has 1 aliphatic heterocycles. The van der Waals surface area contributed by atoms with Crippen LogP contribution in [0.15, 0.2) is 18.2 Å². The number of carbonyl (C=O) groups excluding carboxylic acids is 1. The predicted molar refractivity (Wildman–Crippen MR) is 54.8 cm³/mol. The van der Waals surface area contributed by atoms with Crippen LogP contribution in [0, 0.1) is 11.6 Å². The fourth-order valence-electron chi connectivity index (χ4n) is 1.49. The van der Waals surface area contributed by atoms with Crippen LogP contribution < -0.4 is 4.74 Å². The molecule has 92 valence electrons. The minimum absolute atomic E-state index is 0.0927. The Morgan fingerprint density at radius 3 is 2.94 bits per heavy atom. The van der Waals surface area contributed by atoms with E-state index in [9.17, 15) is 13.6 Å². The number of hydrogen-bond acceptors (Lipinski definition) is 3. The van der Waals surface area contributed by atoms with Gasteiger partial charge in [0.2, 0.25) is 5.82 Å². The first kappa shape index (κ1) is 11.6. The van der Waals surface area contributed by atoms with Crippen molar-refractivity contribution < 1.29 is 23.0 Å². The third-order valence-electron chi connectivity index (χ3n) is 2.38. The molecule has 2 rings (SSSR count). The van der Waals surface area contributed by atoms with Gasteiger partial charge in [-0.25, -0.2) is 9.18 Å². The summed E-state index contributed by atoms with van der Waals surface area (Å²) in [7, 11) is 0. The molecule has 0 aliphatic carbocycles. The molecule has 6 heteroatoms. The van der Waals surface area contributed by atoms with Gasteiger partial charge in [-0.1, -0.05) is 6.07 Å². The van der Waals surface area contributed by atoms with E-state index in [4.69, 9.17) is 9.47 Å². The zero-order valence-corrected chi connectivity index (χ0v) is 8.99. The molecule has 1 aliphatic rings. The normalized spacial score (nSPS) is 14.9. The Balaban J connectivity index is 1.86. The van der Waals surface area contributed by atoms with E-state index in [2.05, 4.69) is 0 Å². The summed E-state index contributed by atoms with van der Waals surface area (Å²) < 4.78 is 35.8. The van der Waals surface area contributed by atoms with Crippen molar-refractivity contribution in [1.82, 2.24) is 4.90 Å². The van der Waals surface area contributed by atoms with Gasteiger partial charge >= 0.3 is 6.09 Å². The van der Waals surface area contributed by atoms with Crippen molar-refractivity contribution in [3.8, 4) is 5.75 Å². The summed E-state index contributed by atoms with van der Waals surface area (Å²) in [5.74, 6) is -2.13. The molecule has 0 radical (unpaired) electrons. The number of hydrogen-bond donors (Lipinski definition) is 0. The third kappa shape index (κ3) is 2.64. The molecule has 1 saturated heterocycles. The molecule has 0 spiro atoms. The molecule has 0 aromatic heterocycles. The number of ether oxygens (including phenoxy) is 2. The van der Waals surface area contributed by atoms with Crippen molar-refractivity contribution in [1.29, 1.82) is 0 Å². The summed E-state index contributed by atoms with van der Waals surface area (Å²) in [5.41, 5.74) is 0. The fraction of sp³-hybridized carbons (Fsp3) is 0.364. The molecule has 1 aromatic rings. The van der Waals surface area contributed by atoms with Crippen molar-refractivity contribution in [3.05, 3.63) is 29.8 Å². The summed E-state index contributed by atoms with van der Waals surface area (Å²) in [6, 6.07) is 3.71. The first-order valence-corrected chi connectivity index (χ1v) is 5.17. The molecule has 1 amide bonds. The predicted octanol–water partition coefficient (Wildman–Crippen LogP) is 1.80. The van der Waals surface area contributed by atoms with E-state index < -0.39 is 17.7 Å². The van der Waals surface area contributed by atoms with Crippen LogP contribution >= 0.6 is 0 Å². The quantitative estimate of drug-likeness (QED) is 0.809. The average Bonchev–Trinajstić information content (AvgIpc) is 2.71. The second kappa shape index (κ2) is 4.99. The molecular weight excluding hydrogens is 232 g/mol. The van der Waals surface area contributed by atoms with E-state index in [0.29, 0.717) is 13.2 Å². The summed E-state index contributed by atoms with van der Waals surface area (Å²) in [5, 5.41) is 0. The van der Waals surface area contributed by atoms with E-state index in [0.717, 1.165) is 6.07 Å². The summed E-state index contributed by atoms with van der Waals surface area (Å²) in [6.07, 6.45) is -0.409. The maximum atomic E-state index is 13.2. The van der Waals surface area contributed by atoms with Gasteiger partial charge < -0.3 is 14.4 Å². The van der Waals surface area contributed by atoms with E-state index in [-0.39, 0.29) is 18.9 Å². The van der Waals surface area contributed by atoms with Crippen LogP contribution in [0.25, 0.3) is 0 Å². The van der Waals surface area contributed by atoms with Gasteiger partial charge in [0.25, 0.3) is 0 Å². The van der Waals surface area contributed by atoms with Crippen LogP contribution in [0.5, 0.6) is 5.75 Å². The summed E-state index contributed by atoms with van der Waals surface area (Å²) >= 11 is 0. The van der Waals surface area contributed by atoms with Crippen molar-refractivity contribution in [2.45, 2.75) is 0 Å². The highest BCUT2D eigenvalue weighted by atomic mass is 19.2. The molecule has 1 heterocycles. The number of carbonyl (C=O) groups is 1. The Bertz CT molecular complexity index is 425. The Labute approximate surface area is 96.7 Å². The Morgan fingerprint density at radius 2 is 2.24 bits per heavy atom. The molecule has 0 N–H and O–H groups in total. The molecule has 17 heavy (non-hydrogen) atoms. The maximum absolute atomic E-state index is 13.2. The number of halogens is 2. The van der Waals surface area contributed by atoms with Crippen LogP contribution in [0.4, 0.5) is 13.6 Å². The van der Waals surface area contributed by atoms with Crippen molar-refractivity contribution in [2.24, 2.45) is 0 Å². The van der Waals surface area contributed by atoms with Gasteiger partial charge in [0, 0.05) is 0 Å². The van der Waals surface area contributed by atoms with Crippen molar-refractivity contribution in [2.75, 3.05) is 26.3 Å². The molecule has 1 fully saturated rings. The zero-order chi connectivity index (χ0) is 12.3. The van der Waals surface area contributed by atoms with Gasteiger partial charge in [-0.05, 0) is 12.1 Å². The van der Waals surface area contributed by atoms with Crippen LogP contribution in [-0.2, 0) is 4.74 Å². The summed E-state index contributed by atoms with van der Waals surface area (Å²) in [6.45, 7) is 1.23. The Hall–Kier alpha value is -1.85. The van der Waals surface area contributed by atoms with Gasteiger partial charge in [-0.15, -0.1) is 0 Å². The number of cyclic esters (lactones) is 1. The smallest absolute Gasteiger partial charge is 0.410 e. The number of amides is 1. The highest BCUT2D eigenvalue weighted by Crippen LogP contribution is 2.19. The monoisotopic (exact) mass is 243 g/mol. The molecule has 0 unspecified atom stereocenters. The highest BCUT2D eigenvalue weighted by molar-refractivity contribution is 5.69. The molecule has 0 bridgehead atoms. The van der Waals surface area contributed by atoms with Gasteiger partial charge in [-0.3, -0.25) is 0 Å². The standard InChI is InChI=1S/C11H11F2NO3/c12-8-2-1-3-9(10(8)13)16-6-4-14-5-7-17-11(14)15/h1-3H,4-7H2. The van der Waals surface area contributed by atoms with Crippen LogP contribution in [-0.4, -0.2) is 37.3 Å². The fourth-order valence-corrected chi connectivity index (χ4v) is 1.49. The highest BCUT2D eigenvalue weighted by Gasteiger charge is 2.21. The van der Waals surface area contributed by atoms with Crippen LogP contribution in [0.3, 0.4) is 0 Å². The molecule has 0 saturated carbocycles. The van der Waals surface area contributed by atoms with Crippen LogP contribution in [0.2, 0.25) is 0 Å². The minimum atomic E-state index is -1.02. The van der Waals surface area contributed by atoms with Gasteiger partial charge in [0.1, 0.15) is 13.2 Å². The lowest BCUT2D eigenvalue weighted by Crippen LogP contribution is -2.29. The topological polar surface area (TPSA) is 38.8 Å². The first-order valence-electron chi connectivity index (χ1n) is 5.17. The van der Waals surface area contributed by atoms with E-state index in [1.165, 1.54) is 17.0 Å². The van der Waals surface area contributed by atoms with Gasteiger partial charge in [-0.2, -0.15) is 4.39 Å². The molecule has 4 nitrogen and oxygen atoms in total. The maximum Gasteiger partial charge on any atom is 0.410 e. The second-order valence-corrected chi connectivity index (χ2v) is 3.50. The summed E-state index contributed by atoms with van der Waals surface area (Å²) in [4.78, 5) is 12.5. The lowest BCUT2D eigenvalue weighted by Gasteiger charge is -2.13. The average molecular weight is 243 g/mol. The van der Waals surface area contributed by atoms with Crippen molar-refractivity contribution in [3.63, 3.8) is 0 Å². The lowest BCUT2D eigenvalue weighted by molar-refractivity contribution is 0.152. The van der Waals surface area contributed by atoms with Crippen molar-refractivity contribution >= 4 is 6.09 Å². The molecule has 1 aromatic carbocycles. The Kier molecular flexibility index (Phi) is 3.41. The molecular formula is C11H11F2NO3. The van der Waals surface area contributed by atoms with Gasteiger partial charge in [0.15, 0.2) is 11.6 Å². The largest absolute Gasteiger partial charge is 0.489 e.